The second-order valence-electron chi connectivity index (χ2n) is 8.33. The molecule has 1 N–H and O–H groups in total. The minimum Gasteiger partial charge on any atom is -0.497 e. The molecule has 9 heteroatoms. The Morgan fingerprint density at radius 3 is 2.06 bits per heavy atom. The lowest BCUT2D eigenvalue weighted by atomic mass is 10.1. The number of anilines is 1. The highest BCUT2D eigenvalue weighted by Gasteiger charge is 2.22. The van der Waals surface area contributed by atoms with Crippen molar-refractivity contribution in [3.8, 4) is 17.2 Å². The fourth-order valence-corrected chi connectivity index (χ4v) is 5.40. The van der Waals surface area contributed by atoms with Crippen molar-refractivity contribution < 1.29 is 17.9 Å². The third-order valence-corrected chi connectivity index (χ3v) is 7.45. The molecule has 0 saturated heterocycles. The van der Waals surface area contributed by atoms with Gasteiger partial charge in [0.2, 0.25) is 0 Å². The Balaban J connectivity index is 1.86. The number of nitrogens with one attached hydrogen (secondary N) is 1. The van der Waals surface area contributed by atoms with Crippen LogP contribution in [-0.4, -0.2) is 24.7 Å². The van der Waals surface area contributed by atoms with E-state index in [1.54, 1.807) is 70.6 Å². The highest BCUT2D eigenvalue weighted by Crippen LogP contribution is 2.36. The van der Waals surface area contributed by atoms with E-state index in [0.717, 1.165) is 11.1 Å². The first-order valence-electron chi connectivity index (χ1n) is 10.6. The molecular formula is C25H27N3O5S. The van der Waals surface area contributed by atoms with Gasteiger partial charge >= 0.3 is 5.69 Å². The Hall–Kier alpha value is -3.72. The van der Waals surface area contributed by atoms with Crippen LogP contribution < -0.4 is 19.9 Å². The number of nitrogens with zero attached hydrogens (tertiary/aromatic N) is 2. The summed E-state index contributed by atoms with van der Waals surface area (Å²) in [5.41, 5.74) is 3.59. The van der Waals surface area contributed by atoms with Crippen molar-refractivity contribution in [2.45, 2.75) is 25.7 Å². The average Bonchev–Trinajstić information content (AvgIpc) is 3.00. The SMILES string of the molecule is COc1ccc(Oc2cc3c(cc2NS(=O)(=O)c2cc(C)cc(C)c2C)n(C)c(=O)n3C)cc1. The molecular weight excluding hydrogens is 454 g/mol. The second-order valence-corrected chi connectivity index (χ2v) is 9.98. The molecule has 0 radical (unpaired) electrons. The predicted octanol–water partition coefficient (Wildman–Crippen LogP) is 4.40. The quantitative estimate of drug-likeness (QED) is 0.441. The molecule has 4 rings (SSSR count). The Labute approximate surface area is 198 Å². The van der Waals surface area contributed by atoms with Crippen LogP contribution in [0.5, 0.6) is 17.2 Å². The summed E-state index contributed by atoms with van der Waals surface area (Å²) in [5, 5.41) is 0. The summed E-state index contributed by atoms with van der Waals surface area (Å²) in [7, 11) is 0.925. The van der Waals surface area contributed by atoms with Crippen LogP contribution in [0.2, 0.25) is 0 Å². The molecule has 1 aromatic heterocycles. The monoisotopic (exact) mass is 481 g/mol. The van der Waals surface area contributed by atoms with Crippen LogP contribution in [0.3, 0.4) is 0 Å². The lowest BCUT2D eigenvalue weighted by molar-refractivity contribution is 0.413. The molecule has 0 atom stereocenters. The smallest absolute Gasteiger partial charge is 0.328 e. The number of imidazole rings is 1. The normalized spacial score (nSPS) is 11.6. The Kier molecular flexibility index (Phi) is 5.91. The number of hydrogen-bond donors (Lipinski definition) is 1. The summed E-state index contributed by atoms with van der Waals surface area (Å²) in [6.45, 7) is 5.52. The van der Waals surface area contributed by atoms with Crippen molar-refractivity contribution in [2.24, 2.45) is 14.1 Å². The fourth-order valence-electron chi connectivity index (χ4n) is 3.94. The first kappa shape index (κ1) is 23.4. The van der Waals surface area contributed by atoms with E-state index in [1.165, 1.54) is 9.13 Å². The maximum Gasteiger partial charge on any atom is 0.328 e. The zero-order chi connectivity index (χ0) is 24.8. The van der Waals surface area contributed by atoms with Crippen molar-refractivity contribution in [1.82, 2.24) is 9.13 Å². The van der Waals surface area contributed by atoms with Gasteiger partial charge in [-0.15, -0.1) is 0 Å². The molecule has 3 aromatic carbocycles. The van der Waals surface area contributed by atoms with Gasteiger partial charge in [-0.2, -0.15) is 0 Å². The van der Waals surface area contributed by atoms with Crippen molar-refractivity contribution in [3.05, 3.63) is 75.7 Å². The molecule has 178 valence electrons. The summed E-state index contributed by atoms with van der Waals surface area (Å²) >= 11 is 0. The number of sulfonamides is 1. The first-order chi connectivity index (χ1) is 16.0. The number of benzene rings is 3. The van der Waals surface area contributed by atoms with Crippen molar-refractivity contribution in [1.29, 1.82) is 0 Å². The molecule has 0 aliphatic rings. The van der Waals surface area contributed by atoms with E-state index >= 15 is 0 Å². The summed E-state index contributed by atoms with van der Waals surface area (Å²) in [4.78, 5) is 12.7. The molecule has 0 fully saturated rings. The number of ether oxygens (including phenoxy) is 2. The molecule has 0 aliphatic heterocycles. The van der Waals surface area contributed by atoms with Gasteiger partial charge in [-0.05, 0) is 73.9 Å². The molecule has 1 heterocycles. The van der Waals surface area contributed by atoms with Gasteiger partial charge < -0.3 is 9.47 Å². The van der Waals surface area contributed by atoms with Crippen LogP contribution in [0, 0.1) is 20.8 Å². The van der Waals surface area contributed by atoms with E-state index in [0.29, 0.717) is 28.1 Å². The molecule has 0 spiro atoms. The van der Waals surface area contributed by atoms with Crippen LogP contribution in [-0.2, 0) is 24.1 Å². The van der Waals surface area contributed by atoms with Gasteiger partial charge in [0.1, 0.15) is 11.5 Å². The summed E-state index contributed by atoms with van der Waals surface area (Å²) < 4.78 is 43.8. The van der Waals surface area contributed by atoms with Crippen molar-refractivity contribution >= 4 is 26.7 Å². The molecule has 34 heavy (non-hydrogen) atoms. The van der Waals surface area contributed by atoms with Gasteiger partial charge in [-0.25, -0.2) is 13.2 Å². The number of aromatic nitrogens is 2. The molecule has 0 bridgehead atoms. The van der Waals surface area contributed by atoms with E-state index < -0.39 is 10.0 Å². The third kappa shape index (κ3) is 4.14. The molecule has 0 saturated carbocycles. The van der Waals surface area contributed by atoms with Gasteiger partial charge in [-0.3, -0.25) is 13.9 Å². The third-order valence-electron chi connectivity index (χ3n) is 5.96. The molecule has 0 aliphatic carbocycles. The minimum absolute atomic E-state index is 0.197. The Bertz CT molecular complexity index is 1570. The van der Waals surface area contributed by atoms with Gasteiger partial charge in [-0.1, -0.05) is 6.07 Å². The van der Waals surface area contributed by atoms with Crippen molar-refractivity contribution in [3.63, 3.8) is 0 Å². The number of methoxy groups -OCH3 is 1. The Morgan fingerprint density at radius 2 is 1.44 bits per heavy atom. The maximum atomic E-state index is 13.5. The maximum absolute atomic E-state index is 13.5. The average molecular weight is 482 g/mol. The summed E-state index contributed by atoms with van der Waals surface area (Å²) in [6, 6.07) is 13.8. The van der Waals surface area contributed by atoms with Crippen LogP contribution in [0.15, 0.2) is 58.2 Å². The van der Waals surface area contributed by atoms with E-state index in [1.807, 2.05) is 19.9 Å². The summed E-state index contributed by atoms with van der Waals surface area (Å²) in [6.07, 6.45) is 0. The molecule has 0 amide bonds. The summed E-state index contributed by atoms with van der Waals surface area (Å²) in [5.74, 6) is 1.42. The van der Waals surface area contributed by atoms with Gasteiger partial charge in [0.05, 0.1) is 28.7 Å². The number of fused-ring (bicyclic) bond motifs is 1. The lowest BCUT2D eigenvalue weighted by Gasteiger charge is -2.17. The molecule has 8 nitrogen and oxygen atoms in total. The van der Waals surface area contributed by atoms with E-state index in [-0.39, 0.29) is 22.0 Å². The number of aryl methyl sites for hydroxylation is 4. The Morgan fingerprint density at radius 1 is 0.853 bits per heavy atom. The van der Waals surface area contributed by atoms with Crippen LogP contribution >= 0.6 is 0 Å². The molecule has 4 aromatic rings. The second kappa shape index (κ2) is 8.57. The van der Waals surface area contributed by atoms with Gasteiger partial charge in [0.25, 0.3) is 10.0 Å². The van der Waals surface area contributed by atoms with Gasteiger partial charge in [0, 0.05) is 20.2 Å². The number of rotatable bonds is 6. The lowest BCUT2D eigenvalue weighted by Crippen LogP contribution is -2.19. The topological polar surface area (TPSA) is 91.6 Å². The van der Waals surface area contributed by atoms with E-state index in [4.69, 9.17) is 9.47 Å². The highest BCUT2D eigenvalue weighted by molar-refractivity contribution is 7.92. The predicted molar refractivity (Wildman–Crippen MR) is 133 cm³/mol. The van der Waals surface area contributed by atoms with E-state index in [9.17, 15) is 13.2 Å². The van der Waals surface area contributed by atoms with Crippen LogP contribution in [0.4, 0.5) is 5.69 Å². The van der Waals surface area contributed by atoms with E-state index in [2.05, 4.69) is 4.72 Å². The fraction of sp³-hybridized carbons (Fsp3) is 0.240. The zero-order valence-corrected chi connectivity index (χ0v) is 20.8. The highest BCUT2D eigenvalue weighted by atomic mass is 32.2. The number of hydrogen-bond acceptors (Lipinski definition) is 5. The zero-order valence-electron chi connectivity index (χ0n) is 20.0. The molecule has 0 unspecified atom stereocenters. The largest absolute Gasteiger partial charge is 0.497 e. The van der Waals surface area contributed by atoms with Crippen molar-refractivity contribution in [2.75, 3.05) is 11.8 Å². The first-order valence-corrected chi connectivity index (χ1v) is 12.1. The standard InChI is InChI=1S/C25H27N3O5S/c1-15-11-16(2)17(3)24(12-15)34(30,31)26-20-13-21-22(28(5)25(29)27(21)4)14-23(20)33-19-9-7-18(32-6)8-10-19/h7-14,26H,1-6H3. The minimum atomic E-state index is -3.94. The van der Waals surface area contributed by atoms with Gasteiger partial charge in [0.15, 0.2) is 5.75 Å². The van der Waals surface area contributed by atoms with Crippen LogP contribution in [0.1, 0.15) is 16.7 Å². The van der Waals surface area contributed by atoms with Crippen LogP contribution in [0.25, 0.3) is 11.0 Å².